The lowest BCUT2D eigenvalue weighted by molar-refractivity contribution is -0.141. The summed E-state index contributed by atoms with van der Waals surface area (Å²) in [6, 6.07) is 16.4. The highest BCUT2D eigenvalue weighted by Crippen LogP contribution is 2.27. The highest BCUT2D eigenvalue weighted by Gasteiger charge is 2.15. The minimum atomic E-state index is -0.392. The number of carbonyl (C=O) groups is 1. The molecule has 2 aromatic carbocycles. The predicted molar refractivity (Wildman–Crippen MR) is 89.8 cm³/mol. The van der Waals surface area contributed by atoms with Gasteiger partial charge < -0.3 is 4.74 Å². The van der Waals surface area contributed by atoms with Crippen LogP contribution in [-0.2, 0) is 16.1 Å². The molecule has 0 saturated heterocycles. The van der Waals surface area contributed by atoms with Gasteiger partial charge in [-0.3, -0.25) is 9.48 Å². The molecular weight excluding hydrogens is 307 g/mol. The van der Waals surface area contributed by atoms with E-state index in [1.54, 1.807) is 17.7 Å². The van der Waals surface area contributed by atoms with E-state index in [1.165, 1.54) is 13.2 Å². The minimum Gasteiger partial charge on any atom is -0.468 e. The standard InChI is InChI=1S/C19H17FN2O2/c1-13-8-9-15(10-16(13)20)17-11-18(14-6-4-3-5-7-14)22(21-17)12-19(23)24-2/h3-11H,12H2,1-2H3. The molecule has 0 N–H and O–H groups in total. The predicted octanol–water partition coefficient (Wildman–Crippen LogP) is 3.84. The molecule has 0 spiro atoms. The molecular formula is C19H17FN2O2. The number of hydrogen-bond donors (Lipinski definition) is 0. The molecule has 0 fully saturated rings. The van der Waals surface area contributed by atoms with Crippen LogP contribution >= 0.6 is 0 Å². The van der Waals surface area contributed by atoms with Gasteiger partial charge in [0.2, 0.25) is 0 Å². The van der Waals surface area contributed by atoms with Crippen LogP contribution in [0.4, 0.5) is 4.39 Å². The van der Waals surface area contributed by atoms with Gasteiger partial charge in [0.25, 0.3) is 0 Å². The van der Waals surface area contributed by atoms with E-state index < -0.39 is 5.97 Å². The van der Waals surface area contributed by atoms with Crippen molar-refractivity contribution in [2.24, 2.45) is 0 Å². The van der Waals surface area contributed by atoms with Crippen LogP contribution in [0.15, 0.2) is 54.6 Å². The summed E-state index contributed by atoms with van der Waals surface area (Å²) in [7, 11) is 1.34. The van der Waals surface area contributed by atoms with Crippen molar-refractivity contribution < 1.29 is 13.9 Å². The maximum Gasteiger partial charge on any atom is 0.327 e. The minimum absolute atomic E-state index is 0.00489. The summed E-state index contributed by atoms with van der Waals surface area (Å²) >= 11 is 0. The Labute approximate surface area is 139 Å². The molecule has 0 bridgehead atoms. The van der Waals surface area contributed by atoms with Gasteiger partial charge in [-0.15, -0.1) is 0 Å². The molecule has 0 radical (unpaired) electrons. The molecule has 1 heterocycles. The van der Waals surface area contributed by atoms with Crippen molar-refractivity contribution in [2.45, 2.75) is 13.5 Å². The third-order valence-electron chi connectivity index (χ3n) is 3.82. The number of aromatic nitrogens is 2. The molecule has 3 rings (SSSR count). The zero-order valence-electron chi connectivity index (χ0n) is 13.5. The molecule has 0 unspecified atom stereocenters. The number of rotatable bonds is 4. The number of hydrogen-bond acceptors (Lipinski definition) is 3. The Bertz CT molecular complexity index is 872. The Morgan fingerprint density at radius 1 is 1.12 bits per heavy atom. The van der Waals surface area contributed by atoms with Gasteiger partial charge in [0.1, 0.15) is 12.4 Å². The summed E-state index contributed by atoms with van der Waals surface area (Å²) in [5.74, 6) is -0.673. The fourth-order valence-electron chi connectivity index (χ4n) is 2.46. The second kappa shape index (κ2) is 6.66. The topological polar surface area (TPSA) is 44.1 Å². The van der Waals surface area contributed by atoms with Crippen LogP contribution < -0.4 is 0 Å². The summed E-state index contributed by atoms with van der Waals surface area (Å²) in [4.78, 5) is 11.7. The van der Waals surface area contributed by atoms with Crippen molar-refractivity contribution in [1.29, 1.82) is 0 Å². The highest BCUT2D eigenvalue weighted by molar-refractivity contribution is 5.73. The third-order valence-corrected chi connectivity index (χ3v) is 3.82. The largest absolute Gasteiger partial charge is 0.468 e. The monoisotopic (exact) mass is 324 g/mol. The number of aryl methyl sites for hydroxylation is 1. The number of methoxy groups -OCH3 is 1. The number of carbonyl (C=O) groups excluding carboxylic acids is 1. The van der Waals surface area contributed by atoms with Gasteiger partial charge in [0.15, 0.2) is 0 Å². The van der Waals surface area contributed by atoms with Gasteiger partial charge in [0.05, 0.1) is 18.5 Å². The fraction of sp³-hybridized carbons (Fsp3) is 0.158. The lowest BCUT2D eigenvalue weighted by Crippen LogP contribution is -2.13. The first-order valence-electron chi connectivity index (χ1n) is 7.55. The van der Waals surface area contributed by atoms with Crippen molar-refractivity contribution in [3.63, 3.8) is 0 Å². The Morgan fingerprint density at radius 3 is 2.54 bits per heavy atom. The molecule has 5 heteroatoms. The fourth-order valence-corrected chi connectivity index (χ4v) is 2.46. The molecule has 0 atom stereocenters. The van der Waals surface area contributed by atoms with Crippen LogP contribution in [0.2, 0.25) is 0 Å². The van der Waals surface area contributed by atoms with E-state index in [4.69, 9.17) is 4.74 Å². The van der Waals surface area contributed by atoms with Gasteiger partial charge in [-0.25, -0.2) is 4.39 Å². The van der Waals surface area contributed by atoms with Gasteiger partial charge in [-0.2, -0.15) is 5.10 Å². The number of halogens is 1. The van der Waals surface area contributed by atoms with E-state index in [9.17, 15) is 9.18 Å². The summed E-state index contributed by atoms with van der Waals surface area (Å²) in [5.41, 5.74) is 3.55. The molecule has 0 aliphatic carbocycles. The lowest BCUT2D eigenvalue weighted by Gasteiger charge is -2.05. The Balaban J connectivity index is 2.08. The first-order valence-corrected chi connectivity index (χ1v) is 7.55. The van der Waals surface area contributed by atoms with Crippen molar-refractivity contribution in [3.05, 3.63) is 66.0 Å². The summed E-state index contributed by atoms with van der Waals surface area (Å²) in [6.45, 7) is 1.71. The van der Waals surface area contributed by atoms with Crippen LogP contribution in [0.5, 0.6) is 0 Å². The summed E-state index contributed by atoms with van der Waals surface area (Å²) in [6.07, 6.45) is 0. The third kappa shape index (κ3) is 3.20. The maximum absolute atomic E-state index is 13.9. The van der Waals surface area contributed by atoms with Crippen molar-refractivity contribution in [3.8, 4) is 22.5 Å². The molecule has 1 aromatic heterocycles. The molecule has 0 aliphatic heterocycles. The molecule has 0 saturated carbocycles. The van der Waals surface area contributed by atoms with Crippen molar-refractivity contribution in [2.75, 3.05) is 7.11 Å². The summed E-state index contributed by atoms with van der Waals surface area (Å²) < 4.78 is 20.2. The maximum atomic E-state index is 13.9. The highest BCUT2D eigenvalue weighted by atomic mass is 19.1. The van der Waals surface area contributed by atoms with E-state index in [-0.39, 0.29) is 12.4 Å². The lowest BCUT2D eigenvalue weighted by atomic mass is 10.1. The normalized spacial score (nSPS) is 10.6. The van der Waals surface area contributed by atoms with E-state index in [0.717, 1.165) is 11.3 Å². The van der Waals surface area contributed by atoms with Crippen LogP contribution in [0.1, 0.15) is 5.56 Å². The quantitative estimate of drug-likeness (QED) is 0.685. The van der Waals surface area contributed by atoms with Crippen LogP contribution in [-0.4, -0.2) is 22.9 Å². The Hall–Kier alpha value is -2.95. The first-order chi connectivity index (χ1) is 11.6. The van der Waals surface area contributed by atoms with E-state index in [0.29, 0.717) is 16.8 Å². The zero-order chi connectivity index (χ0) is 17.1. The molecule has 0 aliphatic rings. The second-order valence-corrected chi connectivity index (χ2v) is 5.48. The van der Waals surface area contributed by atoms with E-state index in [1.807, 2.05) is 42.5 Å². The van der Waals surface area contributed by atoms with Gasteiger partial charge in [0, 0.05) is 5.56 Å². The number of esters is 1. The average molecular weight is 324 g/mol. The van der Waals surface area contributed by atoms with Crippen LogP contribution in [0.3, 0.4) is 0 Å². The Morgan fingerprint density at radius 2 is 1.88 bits per heavy atom. The number of nitrogens with zero attached hydrogens (tertiary/aromatic N) is 2. The van der Waals surface area contributed by atoms with E-state index in [2.05, 4.69) is 5.10 Å². The van der Waals surface area contributed by atoms with Gasteiger partial charge >= 0.3 is 5.97 Å². The van der Waals surface area contributed by atoms with Gasteiger partial charge in [-0.05, 0) is 30.2 Å². The Kier molecular flexibility index (Phi) is 4.42. The first kappa shape index (κ1) is 15.9. The molecule has 3 aromatic rings. The van der Waals surface area contributed by atoms with E-state index >= 15 is 0 Å². The van der Waals surface area contributed by atoms with Crippen molar-refractivity contribution in [1.82, 2.24) is 9.78 Å². The molecule has 24 heavy (non-hydrogen) atoms. The smallest absolute Gasteiger partial charge is 0.327 e. The second-order valence-electron chi connectivity index (χ2n) is 5.48. The van der Waals surface area contributed by atoms with Gasteiger partial charge in [-0.1, -0.05) is 42.5 Å². The zero-order valence-corrected chi connectivity index (χ0v) is 13.5. The number of ether oxygens (including phenoxy) is 1. The van der Waals surface area contributed by atoms with Crippen LogP contribution in [0.25, 0.3) is 22.5 Å². The molecule has 122 valence electrons. The number of benzene rings is 2. The van der Waals surface area contributed by atoms with Crippen LogP contribution in [0, 0.1) is 12.7 Å². The average Bonchev–Trinajstić information content (AvgIpc) is 3.01. The van der Waals surface area contributed by atoms with Crippen molar-refractivity contribution >= 4 is 5.97 Å². The molecule has 0 amide bonds. The summed E-state index contributed by atoms with van der Waals surface area (Å²) in [5, 5.41) is 4.46. The SMILES string of the molecule is COC(=O)Cn1nc(-c2ccc(C)c(F)c2)cc1-c1ccccc1. The molecule has 4 nitrogen and oxygen atoms in total.